The molecule has 0 saturated carbocycles. The Balaban J connectivity index is 1.85. The molecule has 6 nitrogen and oxygen atoms in total. The van der Waals surface area contributed by atoms with Gasteiger partial charge in [0.25, 0.3) is 5.56 Å². The monoisotopic (exact) mass is 349 g/mol. The Hall–Kier alpha value is -2.99. The number of carbonyl (C=O) groups excluding carboxylic acids is 1. The first-order chi connectivity index (χ1) is 13.0. The Kier molecular flexibility index (Phi) is 2.74. The molecule has 4 heterocycles. The van der Waals surface area contributed by atoms with Crippen LogP contribution in [0.3, 0.4) is 0 Å². The van der Waals surface area contributed by atoms with Crippen LogP contribution in [-0.4, -0.2) is 20.6 Å². The first-order valence-electron chi connectivity index (χ1n) is 9.04. The van der Waals surface area contributed by atoms with Gasteiger partial charge in [0.15, 0.2) is 5.60 Å². The number of esters is 1. The van der Waals surface area contributed by atoms with Crippen LogP contribution in [0.1, 0.15) is 31.4 Å². The van der Waals surface area contributed by atoms with Gasteiger partial charge in [-0.1, -0.05) is 25.1 Å². The van der Waals surface area contributed by atoms with E-state index in [2.05, 4.69) is 4.98 Å². The summed E-state index contributed by atoms with van der Waals surface area (Å²) in [7, 11) is 0. The molecule has 130 valence electrons. The number of hydrogen-bond donors (Lipinski definition) is 1. The topological polar surface area (TPSA) is 81.4 Å². The molecule has 2 atom stereocenters. The van der Waals surface area contributed by atoms with Crippen molar-refractivity contribution in [2.75, 3.05) is 0 Å². The summed E-state index contributed by atoms with van der Waals surface area (Å²) in [5.41, 5.74) is 0.549. The maximum absolute atomic E-state index is 13.1. The third-order valence-electron chi connectivity index (χ3n) is 5.25. The molecule has 2 aliphatic rings. The molecular formula is C20H16N2O4. The number of para-hydroxylation sites is 1. The summed E-state index contributed by atoms with van der Waals surface area (Å²) >= 11 is 0. The number of aliphatic hydroxyl groups is 1. The van der Waals surface area contributed by atoms with Gasteiger partial charge in [0.1, 0.15) is 6.61 Å². The largest absolute Gasteiger partial charge is 0.458 e. The number of benzene rings is 1. The van der Waals surface area contributed by atoms with Gasteiger partial charge in [0, 0.05) is 16.5 Å². The number of nitrogens with zero attached hydrogens (tertiary/aromatic N) is 2. The molecule has 5 rings (SSSR count). The zero-order valence-corrected chi connectivity index (χ0v) is 14.0. The molecule has 0 saturated heterocycles. The maximum Gasteiger partial charge on any atom is 0.343 e. The summed E-state index contributed by atoms with van der Waals surface area (Å²) in [5.74, 6) is -0.756. The van der Waals surface area contributed by atoms with Crippen LogP contribution < -0.4 is 5.56 Å². The van der Waals surface area contributed by atoms with Crippen molar-refractivity contribution in [1.82, 2.24) is 9.55 Å². The Morgan fingerprint density at radius 1 is 1.35 bits per heavy atom. The SMILES string of the molecule is [2H]C1c2cc3ccccc3nc2-c2cc3c(c(=O)n21)COC(=O)C3(O)CC. The standard InChI is InChI=1S/C20H16N2O4/c1-2-20(25)14-8-16-17-12(7-11-5-3-4-6-15(11)21-17)9-22(16)18(23)13(14)10-26-19(20)24/h3-8,25H,2,9-10H2,1H3/i9D. The lowest BCUT2D eigenvalue weighted by molar-refractivity contribution is -0.172. The van der Waals surface area contributed by atoms with Gasteiger partial charge in [0.2, 0.25) is 0 Å². The Bertz CT molecular complexity index is 1200. The minimum atomic E-state index is -1.86. The van der Waals surface area contributed by atoms with Crippen molar-refractivity contribution in [3.8, 4) is 11.4 Å². The highest BCUT2D eigenvalue weighted by molar-refractivity contribution is 5.86. The van der Waals surface area contributed by atoms with E-state index < -0.39 is 23.7 Å². The van der Waals surface area contributed by atoms with E-state index in [9.17, 15) is 14.7 Å². The molecule has 0 amide bonds. The zero-order chi connectivity index (χ0) is 18.9. The van der Waals surface area contributed by atoms with Crippen LogP contribution in [0.5, 0.6) is 0 Å². The van der Waals surface area contributed by atoms with Crippen molar-refractivity contribution in [3.63, 3.8) is 0 Å². The molecule has 6 heteroatoms. The van der Waals surface area contributed by atoms with Gasteiger partial charge in [-0.3, -0.25) is 4.79 Å². The van der Waals surface area contributed by atoms with Crippen molar-refractivity contribution in [2.24, 2.45) is 0 Å². The number of carbonyl (C=O) groups is 1. The highest BCUT2D eigenvalue weighted by Crippen LogP contribution is 2.38. The van der Waals surface area contributed by atoms with Crippen molar-refractivity contribution in [2.45, 2.75) is 32.1 Å². The second-order valence-electron chi connectivity index (χ2n) is 6.63. The average Bonchev–Trinajstić information content (AvgIpc) is 2.95. The maximum atomic E-state index is 13.1. The smallest absolute Gasteiger partial charge is 0.343 e. The lowest BCUT2D eigenvalue weighted by atomic mass is 9.86. The van der Waals surface area contributed by atoms with Crippen LogP contribution in [0, 0.1) is 0 Å². The van der Waals surface area contributed by atoms with Gasteiger partial charge < -0.3 is 14.4 Å². The Morgan fingerprint density at radius 3 is 2.96 bits per heavy atom. The number of ether oxygens (including phenoxy) is 1. The van der Waals surface area contributed by atoms with Gasteiger partial charge in [0.05, 0.1) is 30.4 Å². The predicted molar refractivity (Wildman–Crippen MR) is 94.5 cm³/mol. The molecule has 1 N–H and O–H groups in total. The molecule has 0 fully saturated rings. The fraction of sp³-hybridized carbons (Fsp3) is 0.250. The van der Waals surface area contributed by atoms with E-state index in [1.54, 1.807) is 13.0 Å². The van der Waals surface area contributed by atoms with Gasteiger partial charge in [-0.25, -0.2) is 9.78 Å². The Labute approximate surface area is 150 Å². The van der Waals surface area contributed by atoms with E-state index in [1.807, 2.05) is 30.3 Å². The van der Waals surface area contributed by atoms with Crippen LogP contribution in [0.15, 0.2) is 41.2 Å². The van der Waals surface area contributed by atoms with E-state index >= 15 is 0 Å². The molecule has 0 aliphatic carbocycles. The molecule has 26 heavy (non-hydrogen) atoms. The third kappa shape index (κ3) is 1.82. The van der Waals surface area contributed by atoms with Gasteiger partial charge >= 0.3 is 5.97 Å². The molecule has 1 aromatic carbocycles. The van der Waals surface area contributed by atoms with Crippen molar-refractivity contribution >= 4 is 16.9 Å². The highest BCUT2D eigenvalue weighted by atomic mass is 16.6. The van der Waals surface area contributed by atoms with Crippen LogP contribution in [-0.2, 0) is 28.3 Å². The quantitative estimate of drug-likeness (QED) is 0.680. The number of rotatable bonds is 1. The van der Waals surface area contributed by atoms with Crippen molar-refractivity contribution in [1.29, 1.82) is 0 Å². The van der Waals surface area contributed by atoms with Crippen LogP contribution in [0.2, 0.25) is 0 Å². The van der Waals surface area contributed by atoms with Crippen LogP contribution >= 0.6 is 0 Å². The number of pyridine rings is 2. The second-order valence-corrected chi connectivity index (χ2v) is 6.63. The number of cyclic esters (lactones) is 1. The third-order valence-corrected chi connectivity index (χ3v) is 5.25. The number of aromatic nitrogens is 2. The summed E-state index contributed by atoms with van der Waals surface area (Å²) in [6, 6.07) is 11.0. The van der Waals surface area contributed by atoms with Crippen molar-refractivity contribution < 1.29 is 16.0 Å². The molecule has 2 aromatic heterocycles. The summed E-state index contributed by atoms with van der Waals surface area (Å²) in [6.07, 6.45) is 0.0873. The fourth-order valence-corrected chi connectivity index (χ4v) is 3.76. The lowest BCUT2D eigenvalue weighted by Crippen LogP contribution is -2.44. The fourth-order valence-electron chi connectivity index (χ4n) is 3.76. The first-order valence-corrected chi connectivity index (χ1v) is 8.46. The predicted octanol–water partition coefficient (Wildman–Crippen LogP) is 2.08. The second kappa shape index (κ2) is 5.02. The highest BCUT2D eigenvalue weighted by Gasteiger charge is 2.45. The summed E-state index contributed by atoms with van der Waals surface area (Å²) in [4.78, 5) is 29.9. The molecule has 2 unspecified atom stereocenters. The minimum absolute atomic E-state index is 0.0873. The van der Waals surface area contributed by atoms with Crippen LogP contribution in [0.25, 0.3) is 22.3 Å². The Morgan fingerprint density at radius 2 is 2.15 bits per heavy atom. The summed E-state index contributed by atoms with van der Waals surface area (Å²) < 4.78 is 15.0. The molecule has 3 aromatic rings. The molecule has 0 bridgehead atoms. The normalized spacial score (nSPS) is 23.8. The van der Waals surface area contributed by atoms with E-state index in [4.69, 9.17) is 6.11 Å². The van der Waals surface area contributed by atoms with E-state index in [1.165, 1.54) is 4.57 Å². The molecule has 0 spiro atoms. The van der Waals surface area contributed by atoms with Crippen LogP contribution in [0.4, 0.5) is 0 Å². The summed E-state index contributed by atoms with van der Waals surface area (Å²) in [5, 5.41) is 11.7. The van der Waals surface area contributed by atoms with E-state index in [0.29, 0.717) is 17.0 Å². The number of fused-ring (bicyclic) bond motifs is 5. The first kappa shape index (κ1) is 14.2. The average molecular weight is 349 g/mol. The number of hydrogen-bond acceptors (Lipinski definition) is 5. The van der Waals surface area contributed by atoms with Gasteiger partial charge in [-0.2, -0.15) is 0 Å². The van der Waals surface area contributed by atoms with Crippen molar-refractivity contribution in [3.05, 3.63) is 63.4 Å². The minimum Gasteiger partial charge on any atom is -0.458 e. The summed E-state index contributed by atoms with van der Waals surface area (Å²) in [6.45, 7) is 0.527. The molecular weight excluding hydrogens is 332 g/mol. The lowest BCUT2D eigenvalue weighted by Gasteiger charge is -2.31. The zero-order valence-electron chi connectivity index (χ0n) is 15.0. The van der Waals surface area contributed by atoms with E-state index in [-0.39, 0.29) is 24.2 Å². The molecule has 0 radical (unpaired) electrons. The van der Waals surface area contributed by atoms with E-state index in [0.717, 1.165) is 10.9 Å². The van der Waals surface area contributed by atoms with Gasteiger partial charge in [-0.05, 0) is 24.6 Å². The molecule has 2 aliphatic heterocycles. The van der Waals surface area contributed by atoms with Gasteiger partial charge in [-0.15, -0.1) is 0 Å².